The van der Waals surface area contributed by atoms with Crippen LogP contribution in [-0.4, -0.2) is 20.7 Å². The fraction of sp³-hybridized carbons (Fsp3) is 0.267. The van der Waals surface area contributed by atoms with E-state index in [2.05, 4.69) is 27.6 Å². The summed E-state index contributed by atoms with van der Waals surface area (Å²) in [5, 5.41) is 7.03. The van der Waals surface area contributed by atoms with Crippen molar-refractivity contribution in [2.45, 2.75) is 19.3 Å². The number of carbonyl (C=O) groups is 1. The zero-order valence-electron chi connectivity index (χ0n) is 11.1. The van der Waals surface area contributed by atoms with Gasteiger partial charge in [0, 0.05) is 11.6 Å². The predicted molar refractivity (Wildman–Crippen MR) is 76.5 cm³/mol. The summed E-state index contributed by atoms with van der Waals surface area (Å²) in [7, 11) is 0. The van der Waals surface area contributed by atoms with Gasteiger partial charge in [0.25, 0.3) is 0 Å². The number of hydrogen-bond acceptors (Lipinski definition) is 3. The predicted octanol–water partition coefficient (Wildman–Crippen LogP) is 2.56. The van der Waals surface area contributed by atoms with Gasteiger partial charge in [-0.15, -0.1) is 0 Å². The van der Waals surface area contributed by atoms with Gasteiger partial charge in [0.1, 0.15) is 12.7 Å². The average molecular weight is 268 g/mol. The summed E-state index contributed by atoms with van der Waals surface area (Å²) >= 11 is 0. The van der Waals surface area contributed by atoms with Crippen molar-refractivity contribution in [3.63, 3.8) is 0 Å². The van der Waals surface area contributed by atoms with E-state index in [4.69, 9.17) is 0 Å². The fourth-order valence-electron chi connectivity index (χ4n) is 2.32. The minimum absolute atomic E-state index is 0.0926. The standard InChI is InChI=1S/C15H16N4O/c20-15(12-4-2-1-3-5-12)18-13-6-8-14(9-7-13)19-11-16-10-17-19/h1-2,6-12H,3-5H2,(H,18,20). The number of benzene rings is 1. The van der Waals surface area contributed by atoms with Gasteiger partial charge < -0.3 is 5.32 Å². The first-order valence-corrected chi connectivity index (χ1v) is 6.74. The van der Waals surface area contributed by atoms with Gasteiger partial charge in [-0.2, -0.15) is 5.10 Å². The molecule has 1 aromatic heterocycles. The van der Waals surface area contributed by atoms with E-state index in [1.165, 1.54) is 6.33 Å². The van der Waals surface area contributed by atoms with E-state index < -0.39 is 0 Å². The monoisotopic (exact) mass is 268 g/mol. The molecule has 0 saturated heterocycles. The van der Waals surface area contributed by atoms with E-state index in [0.717, 1.165) is 30.6 Å². The zero-order chi connectivity index (χ0) is 13.8. The molecule has 0 spiro atoms. The maximum absolute atomic E-state index is 12.1. The van der Waals surface area contributed by atoms with Crippen molar-refractivity contribution < 1.29 is 4.79 Å². The first-order valence-electron chi connectivity index (χ1n) is 6.74. The number of amides is 1. The second kappa shape index (κ2) is 5.69. The molecular weight excluding hydrogens is 252 g/mol. The zero-order valence-corrected chi connectivity index (χ0v) is 11.1. The maximum Gasteiger partial charge on any atom is 0.227 e. The summed E-state index contributed by atoms with van der Waals surface area (Å²) in [4.78, 5) is 16.0. The molecule has 102 valence electrons. The molecule has 1 aliphatic rings. The molecule has 20 heavy (non-hydrogen) atoms. The summed E-state index contributed by atoms with van der Waals surface area (Å²) in [6.45, 7) is 0. The highest BCUT2D eigenvalue weighted by Gasteiger charge is 2.18. The molecule has 1 atom stereocenters. The molecule has 5 nitrogen and oxygen atoms in total. The van der Waals surface area contributed by atoms with E-state index in [1.54, 1.807) is 11.0 Å². The lowest BCUT2D eigenvalue weighted by Gasteiger charge is -2.17. The van der Waals surface area contributed by atoms with Crippen LogP contribution in [0.5, 0.6) is 0 Å². The third kappa shape index (κ3) is 2.77. The first kappa shape index (κ1) is 12.6. The van der Waals surface area contributed by atoms with Crippen LogP contribution < -0.4 is 5.32 Å². The molecule has 5 heteroatoms. The Hall–Kier alpha value is -2.43. The summed E-state index contributed by atoms with van der Waals surface area (Å²) in [6, 6.07) is 7.58. The molecule has 1 amide bonds. The minimum atomic E-state index is 0.0926. The Morgan fingerprint density at radius 1 is 1.25 bits per heavy atom. The SMILES string of the molecule is O=C(Nc1ccc(-n2cncn2)cc1)C1CC=CCC1. The van der Waals surface area contributed by atoms with Crippen LogP contribution >= 0.6 is 0 Å². The van der Waals surface area contributed by atoms with Crippen LogP contribution in [0.2, 0.25) is 0 Å². The van der Waals surface area contributed by atoms with Gasteiger partial charge in [-0.05, 0) is 43.5 Å². The van der Waals surface area contributed by atoms with E-state index >= 15 is 0 Å². The second-order valence-corrected chi connectivity index (χ2v) is 4.86. The molecule has 0 saturated carbocycles. The summed E-state index contributed by atoms with van der Waals surface area (Å²) in [5.74, 6) is 0.192. The quantitative estimate of drug-likeness (QED) is 0.870. The van der Waals surface area contributed by atoms with Crippen LogP contribution in [0.25, 0.3) is 5.69 Å². The first-order chi connectivity index (χ1) is 9.83. The lowest BCUT2D eigenvalue weighted by atomic mass is 9.93. The molecule has 1 unspecified atom stereocenters. The Morgan fingerprint density at radius 3 is 2.75 bits per heavy atom. The lowest BCUT2D eigenvalue weighted by Crippen LogP contribution is -2.23. The van der Waals surface area contributed by atoms with Crippen LogP contribution in [0, 0.1) is 5.92 Å². The van der Waals surface area contributed by atoms with Gasteiger partial charge in [0.05, 0.1) is 5.69 Å². The van der Waals surface area contributed by atoms with Gasteiger partial charge in [-0.1, -0.05) is 12.2 Å². The van der Waals surface area contributed by atoms with Crippen molar-refractivity contribution in [1.82, 2.24) is 14.8 Å². The highest BCUT2D eigenvalue weighted by Crippen LogP contribution is 2.20. The number of allylic oxidation sites excluding steroid dienone is 2. The van der Waals surface area contributed by atoms with Crippen molar-refractivity contribution in [3.8, 4) is 5.69 Å². The van der Waals surface area contributed by atoms with Crippen molar-refractivity contribution >= 4 is 11.6 Å². The number of nitrogens with one attached hydrogen (secondary N) is 1. The average Bonchev–Trinajstić information content (AvgIpc) is 3.03. The Labute approximate surface area is 117 Å². The third-order valence-electron chi connectivity index (χ3n) is 3.46. The molecule has 0 radical (unpaired) electrons. The largest absolute Gasteiger partial charge is 0.326 e. The van der Waals surface area contributed by atoms with Gasteiger partial charge in [-0.25, -0.2) is 9.67 Å². The van der Waals surface area contributed by atoms with Gasteiger partial charge >= 0.3 is 0 Å². The van der Waals surface area contributed by atoms with Crippen molar-refractivity contribution in [2.75, 3.05) is 5.32 Å². The van der Waals surface area contributed by atoms with Crippen LogP contribution in [0.1, 0.15) is 19.3 Å². The Morgan fingerprint density at radius 2 is 2.10 bits per heavy atom. The van der Waals surface area contributed by atoms with Crippen molar-refractivity contribution in [3.05, 3.63) is 49.1 Å². The number of aromatic nitrogens is 3. The Balaban J connectivity index is 1.66. The highest BCUT2D eigenvalue weighted by atomic mass is 16.1. The lowest BCUT2D eigenvalue weighted by molar-refractivity contribution is -0.120. The fourth-order valence-corrected chi connectivity index (χ4v) is 2.32. The van der Waals surface area contributed by atoms with E-state index in [9.17, 15) is 4.79 Å². The molecule has 1 aliphatic carbocycles. The van der Waals surface area contributed by atoms with E-state index in [0.29, 0.717) is 0 Å². The van der Waals surface area contributed by atoms with Crippen LogP contribution in [-0.2, 0) is 4.79 Å². The topological polar surface area (TPSA) is 59.8 Å². The summed E-state index contributed by atoms with van der Waals surface area (Å²) < 4.78 is 1.68. The Bertz CT molecular complexity index is 601. The molecule has 3 rings (SSSR count). The second-order valence-electron chi connectivity index (χ2n) is 4.86. The highest BCUT2D eigenvalue weighted by molar-refractivity contribution is 5.92. The van der Waals surface area contributed by atoms with Gasteiger partial charge in [0.15, 0.2) is 0 Å². The number of nitrogens with zero attached hydrogens (tertiary/aromatic N) is 3. The maximum atomic E-state index is 12.1. The van der Waals surface area contributed by atoms with E-state index in [-0.39, 0.29) is 11.8 Å². The summed E-state index contributed by atoms with van der Waals surface area (Å²) in [5.41, 5.74) is 1.73. The summed E-state index contributed by atoms with van der Waals surface area (Å²) in [6.07, 6.45) is 10.1. The number of anilines is 1. The molecule has 0 bridgehead atoms. The van der Waals surface area contributed by atoms with Gasteiger partial charge in [0.2, 0.25) is 5.91 Å². The van der Waals surface area contributed by atoms with Crippen LogP contribution in [0.15, 0.2) is 49.1 Å². The molecule has 2 aromatic rings. The normalized spacial score (nSPS) is 17.9. The van der Waals surface area contributed by atoms with Crippen molar-refractivity contribution in [2.24, 2.45) is 5.92 Å². The number of hydrogen-bond donors (Lipinski definition) is 1. The molecule has 1 N–H and O–H groups in total. The molecule has 0 aliphatic heterocycles. The molecule has 1 aromatic carbocycles. The van der Waals surface area contributed by atoms with E-state index in [1.807, 2.05) is 24.3 Å². The van der Waals surface area contributed by atoms with Crippen molar-refractivity contribution in [1.29, 1.82) is 0 Å². The smallest absolute Gasteiger partial charge is 0.227 e. The number of carbonyl (C=O) groups excluding carboxylic acids is 1. The molecule has 0 fully saturated rings. The van der Waals surface area contributed by atoms with Gasteiger partial charge in [-0.3, -0.25) is 4.79 Å². The van der Waals surface area contributed by atoms with Crippen LogP contribution in [0.3, 0.4) is 0 Å². The molecular formula is C15H16N4O. The van der Waals surface area contributed by atoms with Crippen LogP contribution in [0.4, 0.5) is 5.69 Å². The molecule has 1 heterocycles. The third-order valence-corrected chi connectivity index (χ3v) is 3.46. The minimum Gasteiger partial charge on any atom is -0.326 e. The number of rotatable bonds is 3. The Kier molecular flexibility index (Phi) is 3.58.